The molecule has 1 N–H and O–H groups in total. The summed E-state index contributed by atoms with van der Waals surface area (Å²) in [6.45, 7) is 7.80. The predicted molar refractivity (Wildman–Crippen MR) is 106 cm³/mol. The van der Waals surface area contributed by atoms with Crippen LogP contribution in [0, 0.1) is 20.8 Å². The largest absolute Gasteiger partial charge is 0.346 e. The van der Waals surface area contributed by atoms with Gasteiger partial charge in [0.15, 0.2) is 0 Å². The van der Waals surface area contributed by atoms with Crippen molar-refractivity contribution in [3.05, 3.63) is 64.2 Å². The molecule has 2 aromatic carbocycles. The number of nitrogens with zero attached hydrogens (tertiary/aromatic N) is 1. The van der Waals surface area contributed by atoms with Gasteiger partial charge in [0.25, 0.3) is 5.91 Å². The molecule has 140 valence electrons. The molecule has 0 radical (unpaired) electrons. The number of carbonyl (C=O) groups is 1. The Bertz CT molecular complexity index is 936. The Balaban J connectivity index is 2.22. The van der Waals surface area contributed by atoms with Gasteiger partial charge in [0.2, 0.25) is 10.0 Å². The number of hydrogen-bond acceptors (Lipinski definition) is 3. The molecule has 2 aromatic rings. The van der Waals surface area contributed by atoms with Crippen LogP contribution in [0.3, 0.4) is 0 Å². The zero-order valence-corrected chi connectivity index (χ0v) is 16.9. The molecule has 0 fully saturated rings. The Morgan fingerprint density at radius 1 is 1.04 bits per heavy atom. The first-order valence-corrected chi connectivity index (χ1v) is 10.3. The van der Waals surface area contributed by atoms with Crippen LogP contribution in [0.4, 0.5) is 5.69 Å². The van der Waals surface area contributed by atoms with Gasteiger partial charge in [-0.3, -0.25) is 9.10 Å². The van der Waals surface area contributed by atoms with E-state index < -0.39 is 10.0 Å². The van der Waals surface area contributed by atoms with Crippen LogP contribution in [0.1, 0.15) is 45.6 Å². The van der Waals surface area contributed by atoms with E-state index in [2.05, 4.69) is 11.4 Å². The highest BCUT2D eigenvalue weighted by atomic mass is 32.2. The number of aryl methyl sites for hydroxylation is 3. The SMILES string of the molecule is Cc1ccc(C)c(C(C)NC(=O)c2ccc(N(C)S(C)(=O)=O)c(C)c2)c1. The predicted octanol–water partition coefficient (Wildman–Crippen LogP) is 3.50. The summed E-state index contributed by atoms with van der Waals surface area (Å²) in [5.41, 5.74) is 5.16. The summed E-state index contributed by atoms with van der Waals surface area (Å²) >= 11 is 0. The van der Waals surface area contributed by atoms with Crippen LogP contribution in [0.25, 0.3) is 0 Å². The van der Waals surface area contributed by atoms with Crippen LogP contribution in [-0.2, 0) is 10.0 Å². The van der Waals surface area contributed by atoms with Gasteiger partial charge >= 0.3 is 0 Å². The second-order valence-electron chi connectivity index (χ2n) is 6.79. The Kier molecular flexibility index (Phi) is 5.76. The second-order valence-corrected chi connectivity index (χ2v) is 8.80. The van der Waals surface area contributed by atoms with Crippen molar-refractivity contribution in [2.75, 3.05) is 17.6 Å². The van der Waals surface area contributed by atoms with Crippen molar-refractivity contribution in [2.45, 2.75) is 33.7 Å². The van der Waals surface area contributed by atoms with Gasteiger partial charge in [-0.25, -0.2) is 8.42 Å². The normalized spacial score (nSPS) is 12.5. The van der Waals surface area contributed by atoms with Crippen molar-refractivity contribution >= 4 is 21.6 Å². The minimum absolute atomic E-state index is 0.124. The minimum atomic E-state index is -3.34. The van der Waals surface area contributed by atoms with Gasteiger partial charge in [-0.05, 0) is 62.6 Å². The van der Waals surface area contributed by atoms with Crippen molar-refractivity contribution in [1.82, 2.24) is 5.32 Å². The molecule has 5 nitrogen and oxygen atoms in total. The van der Waals surface area contributed by atoms with E-state index in [1.165, 1.54) is 11.4 Å². The van der Waals surface area contributed by atoms with Crippen LogP contribution in [0.2, 0.25) is 0 Å². The lowest BCUT2D eigenvalue weighted by Crippen LogP contribution is -2.28. The average Bonchev–Trinajstić information content (AvgIpc) is 2.55. The molecule has 1 unspecified atom stereocenters. The lowest BCUT2D eigenvalue weighted by molar-refractivity contribution is 0.0939. The van der Waals surface area contributed by atoms with Gasteiger partial charge in [0.05, 0.1) is 18.0 Å². The number of carbonyl (C=O) groups excluding carboxylic acids is 1. The molecule has 0 bridgehead atoms. The fourth-order valence-corrected chi connectivity index (χ4v) is 3.47. The third-order valence-corrected chi connectivity index (χ3v) is 5.74. The minimum Gasteiger partial charge on any atom is -0.346 e. The van der Waals surface area contributed by atoms with E-state index in [0.717, 1.165) is 28.5 Å². The second kappa shape index (κ2) is 7.50. The maximum atomic E-state index is 12.6. The number of anilines is 1. The third-order valence-electron chi connectivity index (χ3n) is 4.54. The fraction of sp³-hybridized carbons (Fsp3) is 0.350. The van der Waals surface area contributed by atoms with Crippen LogP contribution in [0.15, 0.2) is 36.4 Å². The molecule has 6 heteroatoms. The summed E-state index contributed by atoms with van der Waals surface area (Å²) < 4.78 is 24.6. The molecule has 0 saturated heterocycles. The monoisotopic (exact) mass is 374 g/mol. The number of rotatable bonds is 5. The molecule has 26 heavy (non-hydrogen) atoms. The Hall–Kier alpha value is -2.34. The van der Waals surface area contributed by atoms with Gasteiger partial charge in [0.1, 0.15) is 0 Å². The molecule has 0 spiro atoms. The highest BCUT2D eigenvalue weighted by Gasteiger charge is 2.17. The van der Waals surface area contributed by atoms with Crippen LogP contribution in [0.5, 0.6) is 0 Å². The molecule has 0 saturated carbocycles. The van der Waals surface area contributed by atoms with Crippen molar-refractivity contribution in [3.63, 3.8) is 0 Å². The molecule has 0 aliphatic rings. The van der Waals surface area contributed by atoms with E-state index >= 15 is 0 Å². The summed E-state index contributed by atoms with van der Waals surface area (Å²) in [5.74, 6) is -0.185. The van der Waals surface area contributed by atoms with Crippen LogP contribution in [-0.4, -0.2) is 27.6 Å². The quantitative estimate of drug-likeness (QED) is 0.871. The van der Waals surface area contributed by atoms with Crippen molar-refractivity contribution < 1.29 is 13.2 Å². The van der Waals surface area contributed by atoms with Gasteiger partial charge in [-0.1, -0.05) is 23.8 Å². The molecule has 1 atom stereocenters. The first-order chi connectivity index (χ1) is 12.0. The maximum absolute atomic E-state index is 12.6. The summed E-state index contributed by atoms with van der Waals surface area (Å²) in [4.78, 5) is 12.6. The maximum Gasteiger partial charge on any atom is 0.251 e. The summed E-state index contributed by atoms with van der Waals surface area (Å²) in [7, 11) is -1.84. The molecular formula is C20H26N2O3S. The number of nitrogens with one attached hydrogen (secondary N) is 1. The third kappa shape index (κ3) is 4.43. The smallest absolute Gasteiger partial charge is 0.251 e. The Labute approximate surface area is 156 Å². The van der Waals surface area contributed by atoms with Gasteiger partial charge in [0, 0.05) is 12.6 Å². The first kappa shape index (κ1) is 20.0. The molecule has 1 amide bonds. The van der Waals surface area contributed by atoms with Gasteiger partial charge in [-0.15, -0.1) is 0 Å². The summed E-state index contributed by atoms with van der Waals surface area (Å²) in [6.07, 6.45) is 1.15. The molecule has 0 aliphatic heterocycles. The zero-order valence-electron chi connectivity index (χ0n) is 16.1. The molecule has 0 aliphatic carbocycles. The molecule has 2 rings (SSSR count). The highest BCUT2D eigenvalue weighted by molar-refractivity contribution is 7.92. The van der Waals surface area contributed by atoms with Crippen LogP contribution < -0.4 is 9.62 Å². The number of benzene rings is 2. The lowest BCUT2D eigenvalue weighted by atomic mass is 9.99. The zero-order chi connectivity index (χ0) is 19.6. The number of amides is 1. The molecular weight excluding hydrogens is 348 g/mol. The van der Waals surface area contributed by atoms with E-state index in [1.54, 1.807) is 25.1 Å². The van der Waals surface area contributed by atoms with E-state index in [-0.39, 0.29) is 11.9 Å². The number of sulfonamides is 1. The summed E-state index contributed by atoms with van der Waals surface area (Å²) in [6, 6.07) is 11.1. The van der Waals surface area contributed by atoms with Crippen LogP contribution >= 0.6 is 0 Å². The van der Waals surface area contributed by atoms with E-state index in [0.29, 0.717) is 11.3 Å². The Morgan fingerprint density at radius 2 is 1.69 bits per heavy atom. The molecule has 0 aromatic heterocycles. The van der Waals surface area contributed by atoms with Gasteiger partial charge < -0.3 is 5.32 Å². The van der Waals surface area contributed by atoms with Gasteiger partial charge in [-0.2, -0.15) is 0 Å². The first-order valence-electron chi connectivity index (χ1n) is 8.43. The number of hydrogen-bond donors (Lipinski definition) is 1. The summed E-state index contributed by atoms with van der Waals surface area (Å²) in [5, 5.41) is 3.02. The molecule has 0 heterocycles. The highest BCUT2D eigenvalue weighted by Crippen LogP contribution is 2.23. The van der Waals surface area contributed by atoms with Crippen molar-refractivity contribution in [2.24, 2.45) is 0 Å². The average molecular weight is 375 g/mol. The van der Waals surface area contributed by atoms with E-state index in [9.17, 15) is 13.2 Å². The lowest BCUT2D eigenvalue weighted by Gasteiger charge is -2.20. The topological polar surface area (TPSA) is 66.5 Å². The standard InChI is InChI=1S/C20H26N2O3S/c1-13-7-8-14(2)18(11-13)16(4)21-20(23)17-9-10-19(15(3)12-17)22(5)26(6,24)25/h7-12,16H,1-6H3,(H,21,23). The van der Waals surface area contributed by atoms with E-state index in [1.807, 2.05) is 32.9 Å². The van der Waals surface area contributed by atoms with Crippen molar-refractivity contribution in [1.29, 1.82) is 0 Å². The Morgan fingerprint density at radius 3 is 2.27 bits per heavy atom. The van der Waals surface area contributed by atoms with Crippen molar-refractivity contribution in [3.8, 4) is 0 Å². The van der Waals surface area contributed by atoms with E-state index in [4.69, 9.17) is 0 Å². The fourth-order valence-electron chi connectivity index (χ4n) is 2.91.